The summed E-state index contributed by atoms with van der Waals surface area (Å²) in [5.74, 6) is 1.10. The first kappa shape index (κ1) is 32.7. The van der Waals surface area contributed by atoms with Crippen LogP contribution in [0.15, 0.2) is 54.7 Å². The molecule has 4 heterocycles. The second-order valence-electron chi connectivity index (χ2n) is 14.7. The van der Waals surface area contributed by atoms with E-state index in [2.05, 4.69) is 41.7 Å². The topological polar surface area (TPSA) is 106 Å². The molecule has 9 nitrogen and oxygen atoms in total. The minimum Gasteiger partial charge on any atom is -0.491 e. The Bertz CT molecular complexity index is 1820. The highest BCUT2D eigenvalue weighted by atomic mass is 28.3. The van der Waals surface area contributed by atoms with Gasteiger partial charge in [0.25, 0.3) is 5.91 Å². The van der Waals surface area contributed by atoms with E-state index in [1.165, 1.54) is 18.4 Å². The van der Waals surface area contributed by atoms with E-state index in [4.69, 9.17) is 14.5 Å². The Hall–Kier alpha value is -3.83. The lowest BCUT2D eigenvalue weighted by molar-refractivity contribution is -0.111. The number of pyridine rings is 1. The molecule has 4 aromatic rings. The molecule has 2 N–H and O–H groups in total. The second-order valence-corrected chi connectivity index (χ2v) is 20.3. The maximum absolute atomic E-state index is 14.0. The molecule has 1 saturated carbocycles. The number of amides is 1. The number of aliphatic hydroxyl groups excluding tert-OH is 1. The van der Waals surface area contributed by atoms with E-state index in [1.807, 2.05) is 42.6 Å². The van der Waals surface area contributed by atoms with Crippen molar-refractivity contribution in [3.8, 4) is 16.9 Å². The SMILES string of the molecule is C[Si](C)(C)CCOCn1c(C2CCC(C=O)CN2)cc2c(-c3cccc(N4CCOc5cc(C6CC6)ccc5C4=O)c3CO)ccnc21. The van der Waals surface area contributed by atoms with Gasteiger partial charge in [0.1, 0.15) is 31.0 Å². The lowest BCUT2D eigenvalue weighted by Gasteiger charge is -2.28. The van der Waals surface area contributed by atoms with Crippen molar-refractivity contribution in [3.05, 3.63) is 77.1 Å². The van der Waals surface area contributed by atoms with Gasteiger partial charge in [0.05, 0.1) is 24.4 Å². The van der Waals surface area contributed by atoms with Gasteiger partial charge in [-0.05, 0) is 84.7 Å². The second kappa shape index (κ2) is 13.6. The van der Waals surface area contributed by atoms with Crippen molar-refractivity contribution in [2.75, 3.05) is 31.2 Å². The van der Waals surface area contributed by atoms with Gasteiger partial charge < -0.3 is 34.2 Å². The number of aromatic nitrogens is 2. The van der Waals surface area contributed by atoms with Crippen molar-refractivity contribution >= 4 is 37.0 Å². The number of hydrogen-bond acceptors (Lipinski definition) is 7. The number of aldehydes is 1. The Morgan fingerprint density at radius 3 is 2.65 bits per heavy atom. The lowest BCUT2D eigenvalue weighted by Crippen LogP contribution is -2.35. The summed E-state index contributed by atoms with van der Waals surface area (Å²) in [5, 5.41) is 15.4. The highest BCUT2D eigenvalue weighted by Crippen LogP contribution is 2.43. The van der Waals surface area contributed by atoms with E-state index in [0.29, 0.717) is 61.5 Å². The number of hydrogen-bond donors (Lipinski definition) is 2. The Labute approximate surface area is 283 Å². The van der Waals surface area contributed by atoms with E-state index in [1.54, 1.807) is 4.90 Å². The summed E-state index contributed by atoms with van der Waals surface area (Å²) in [7, 11) is -1.26. The van der Waals surface area contributed by atoms with Crippen LogP contribution in [0.5, 0.6) is 5.75 Å². The molecular formula is C38H46N4O5Si. The summed E-state index contributed by atoms with van der Waals surface area (Å²) < 4.78 is 14.5. The zero-order chi connectivity index (χ0) is 33.4. The number of benzene rings is 2. The predicted octanol–water partition coefficient (Wildman–Crippen LogP) is 6.66. The van der Waals surface area contributed by atoms with Crippen LogP contribution < -0.4 is 15.0 Å². The van der Waals surface area contributed by atoms with Crippen molar-refractivity contribution in [2.45, 2.75) is 76.7 Å². The van der Waals surface area contributed by atoms with Crippen molar-refractivity contribution in [2.24, 2.45) is 5.92 Å². The maximum atomic E-state index is 14.0. The van der Waals surface area contributed by atoms with Crippen LogP contribution in [0.1, 0.15) is 64.8 Å². The monoisotopic (exact) mass is 666 g/mol. The van der Waals surface area contributed by atoms with Gasteiger partial charge in [-0.1, -0.05) is 37.8 Å². The smallest absolute Gasteiger partial charge is 0.262 e. The molecule has 252 valence electrons. The minimum absolute atomic E-state index is 0.0231. The molecule has 1 aliphatic carbocycles. The summed E-state index contributed by atoms with van der Waals surface area (Å²) in [4.78, 5) is 32.1. The fraction of sp³-hybridized carbons (Fsp3) is 0.447. The first-order valence-electron chi connectivity index (χ1n) is 17.3. The molecule has 0 radical (unpaired) electrons. The molecular weight excluding hydrogens is 621 g/mol. The van der Waals surface area contributed by atoms with Crippen molar-refractivity contribution < 1.29 is 24.2 Å². The van der Waals surface area contributed by atoms with Crippen LogP contribution >= 0.6 is 0 Å². The van der Waals surface area contributed by atoms with Gasteiger partial charge in [-0.15, -0.1) is 0 Å². The highest BCUT2D eigenvalue weighted by Gasteiger charge is 2.31. The van der Waals surface area contributed by atoms with E-state index in [-0.39, 0.29) is 24.5 Å². The molecule has 2 fully saturated rings. The molecule has 48 heavy (non-hydrogen) atoms. The number of fused-ring (bicyclic) bond motifs is 2. The summed E-state index contributed by atoms with van der Waals surface area (Å²) >= 11 is 0. The largest absolute Gasteiger partial charge is 0.491 e. The molecule has 10 heteroatoms. The number of piperidine rings is 1. The molecule has 2 aromatic heterocycles. The first-order chi connectivity index (χ1) is 23.3. The van der Waals surface area contributed by atoms with E-state index < -0.39 is 8.07 Å². The van der Waals surface area contributed by atoms with Gasteiger partial charge in [0.2, 0.25) is 0 Å². The van der Waals surface area contributed by atoms with Crippen LogP contribution in [-0.2, 0) is 22.9 Å². The molecule has 1 saturated heterocycles. The normalized spacial score (nSPS) is 20.0. The highest BCUT2D eigenvalue weighted by molar-refractivity contribution is 6.76. The van der Waals surface area contributed by atoms with Gasteiger partial charge in [-0.3, -0.25) is 4.79 Å². The summed E-state index contributed by atoms with van der Waals surface area (Å²) in [6, 6.07) is 17.1. The first-order valence-corrected chi connectivity index (χ1v) is 21.0. The van der Waals surface area contributed by atoms with Gasteiger partial charge in [0.15, 0.2) is 0 Å². The fourth-order valence-corrected chi connectivity index (χ4v) is 7.84. The Kier molecular flexibility index (Phi) is 9.25. The van der Waals surface area contributed by atoms with Gasteiger partial charge in [0, 0.05) is 56.0 Å². The quantitative estimate of drug-likeness (QED) is 0.105. The molecule has 0 bridgehead atoms. The minimum atomic E-state index is -1.26. The van der Waals surface area contributed by atoms with E-state index >= 15 is 0 Å². The number of rotatable bonds is 11. The molecule has 7 rings (SSSR count). The maximum Gasteiger partial charge on any atom is 0.262 e. The van der Waals surface area contributed by atoms with Crippen LogP contribution in [0.4, 0.5) is 5.69 Å². The number of aliphatic hydroxyl groups is 1. The van der Waals surface area contributed by atoms with E-state index in [0.717, 1.165) is 53.0 Å². The third-order valence-electron chi connectivity index (χ3n) is 10.0. The fourth-order valence-electron chi connectivity index (χ4n) is 7.08. The Morgan fingerprint density at radius 2 is 1.92 bits per heavy atom. The molecule has 0 spiro atoms. The van der Waals surface area contributed by atoms with Crippen molar-refractivity contribution in [3.63, 3.8) is 0 Å². The number of carbonyl (C=O) groups is 2. The van der Waals surface area contributed by atoms with Gasteiger partial charge >= 0.3 is 0 Å². The predicted molar refractivity (Wildman–Crippen MR) is 190 cm³/mol. The third-order valence-corrected chi connectivity index (χ3v) is 11.7. The lowest BCUT2D eigenvalue weighted by atomic mass is 9.93. The average Bonchev–Trinajstić information content (AvgIpc) is 3.90. The number of anilines is 1. The average molecular weight is 667 g/mol. The van der Waals surface area contributed by atoms with Crippen molar-refractivity contribution in [1.82, 2.24) is 14.9 Å². The zero-order valence-corrected chi connectivity index (χ0v) is 29.2. The molecule has 2 atom stereocenters. The molecule has 3 aliphatic rings. The number of nitrogens with one attached hydrogen (secondary N) is 1. The van der Waals surface area contributed by atoms with Crippen LogP contribution in [0.25, 0.3) is 22.2 Å². The summed E-state index contributed by atoms with van der Waals surface area (Å²) in [6.07, 6.45) is 6.89. The Balaban J connectivity index is 1.26. The molecule has 2 aliphatic heterocycles. The van der Waals surface area contributed by atoms with Crippen LogP contribution in [0.3, 0.4) is 0 Å². The number of carbonyl (C=O) groups excluding carboxylic acids is 2. The third kappa shape index (κ3) is 6.59. The molecule has 1 amide bonds. The number of nitrogens with zero attached hydrogens (tertiary/aromatic N) is 3. The van der Waals surface area contributed by atoms with Crippen LogP contribution in [-0.4, -0.2) is 61.2 Å². The molecule has 2 unspecified atom stereocenters. The van der Waals surface area contributed by atoms with Gasteiger partial charge in [-0.2, -0.15) is 0 Å². The van der Waals surface area contributed by atoms with Crippen molar-refractivity contribution in [1.29, 1.82) is 0 Å². The van der Waals surface area contributed by atoms with Gasteiger partial charge in [-0.25, -0.2) is 4.98 Å². The standard InChI is InChI=1S/C38H46N4O5Si/c1-48(2,3)18-17-46-24-42-35(33-12-7-25(22-43)21-40-33)20-31-29(13-14-39-37(31)42)28-5-4-6-34(32(28)23-44)41-15-16-47-36-19-27(26-8-9-26)10-11-30(36)38(41)45/h4-6,10-11,13-14,19-20,22,25-26,33,40,44H,7-9,12,15-18,21,23-24H2,1-3H3. The van der Waals surface area contributed by atoms with Crippen LogP contribution in [0, 0.1) is 5.92 Å². The Morgan fingerprint density at radius 1 is 1.06 bits per heavy atom. The zero-order valence-electron chi connectivity index (χ0n) is 28.2. The van der Waals surface area contributed by atoms with E-state index in [9.17, 15) is 14.7 Å². The van der Waals surface area contributed by atoms with Crippen LogP contribution in [0.2, 0.25) is 25.7 Å². The molecule has 2 aromatic carbocycles. The number of ether oxygens (including phenoxy) is 2. The summed E-state index contributed by atoms with van der Waals surface area (Å²) in [6.45, 7) is 9.25. The summed E-state index contributed by atoms with van der Waals surface area (Å²) in [5.41, 5.74) is 6.81.